The van der Waals surface area contributed by atoms with E-state index in [0.717, 1.165) is 43.6 Å². The Bertz CT molecular complexity index is 2260. The molecule has 8 nitrogen and oxygen atoms in total. The van der Waals surface area contributed by atoms with Gasteiger partial charge in [-0.1, -0.05) is 98.2 Å². The lowest BCUT2D eigenvalue weighted by molar-refractivity contribution is -0.438. The molecule has 2 heterocycles. The molecule has 9 heteroatoms. The zero-order chi connectivity index (χ0) is 36.9. The third-order valence-electron chi connectivity index (χ3n) is 10.7. The molecule has 0 radical (unpaired) electrons. The number of unbranched alkanes of at least 4 members (excludes halogenated alkanes) is 4. The first-order valence-electron chi connectivity index (χ1n) is 18.4. The number of hydrogen-bond acceptors (Lipinski definition) is 5. The number of rotatable bonds is 15. The fourth-order valence-corrected chi connectivity index (χ4v) is 8.87. The van der Waals surface area contributed by atoms with Gasteiger partial charge in [0.2, 0.25) is 5.69 Å². The van der Waals surface area contributed by atoms with Crippen LogP contribution in [0.5, 0.6) is 0 Å². The summed E-state index contributed by atoms with van der Waals surface area (Å²) in [5.41, 5.74) is 15.5. The molecule has 0 aliphatic carbocycles. The van der Waals surface area contributed by atoms with E-state index in [-0.39, 0.29) is 16.6 Å². The van der Waals surface area contributed by atoms with Crippen molar-refractivity contribution in [2.75, 3.05) is 30.3 Å². The molecule has 0 spiro atoms. The predicted molar refractivity (Wildman–Crippen MR) is 214 cm³/mol. The van der Waals surface area contributed by atoms with E-state index in [4.69, 9.17) is 5.53 Å². The van der Waals surface area contributed by atoms with Crippen LogP contribution < -0.4 is 4.90 Å². The van der Waals surface area contributed by atoms with Crippen molar-refractivity contribution in [3.05, 3.63) is 130 Å². The normalized spacial score (nSPS) is 17.2. The fourth-order valence-electron chi connectivity index (χ4n) is 8.31. The summed E-state index contributed by atoms with van der Waals surface area (Å²) in [6.45, 7) is 11.2. The molecule has 4 aromatic carbocycles. The standard InChI is InChI=1S/C43H49N5O3S/c1-42(2)38(47(29-15-6-5-14-28-45-46-44)36-26-24-32-18-10-12-20-34(32)40(36)42)22-8-7-9-23-39-43(3,4)41-35-21-13-11-19-33(35)25-27-37(41)48(39)30-16-17-31-52(49,50)51/h7-13,18-27H,5-6,14-17,28-31H2,1-4H3. The van der Waals surface area contributed by atoms with Crippen molar-refractivity contribution >= 4 is 48.7 Å². The van der Waals surface area contributed by atoms with Crippen LogP contribution in [-0.4, -0.2) is 48.6 Å². The SMILES string of the molecule is CC1(C)C(/C=C/C=C/C=C2/N(CCCCS(=O)(=O)[O-])c3ccc4ccccc4c3C2(C)C)=[N+](CCCCCCN=[N+]=[N-])c2ccc3ccccc3c21. The van der Waals surface area contributed by atoms with Gasteiger partial charge in [-0.05, 0) is 90.4 Å². The smallest absolute Gasteiger partial charge is 0.210 e. The van der Waals surface area contributed by atoms with Crippen LogP contribution in [0.25, 0.3) is 32.0 Å². The van der Waals surface area contributed by atoms with Gasteiger partial charge in [-0.15, -0.1) is 0 Å². The molecule has 0 aromatic heterocycles. The Morgan fingerprint density at radius 1 is 0.788 bits per heavy atom. The van der Waals surface area contributed by atoms with Gasteiger partial charge >= 0.3 is 0 Å². The van der Waals surface area contributed by atoms with Crippen molar-refractivity contribution in [2.45, 2.75) is 77.0 Å². The van der Waals surface area contributed by atoms with Gasteiger partial charge in [0.25, 0.3) is 0 Å². The number of fused-ring (bicyclic) bond motifs is 6. The Hall–Kier alpha value is -4.69. The highest BCUT2D eigenvalue weighted by atomic mass is 32.2. The van der Waals surface area contributed by atoms with Crippen LogP contribution in [0.2, 0.25) is 0 Å². The van der Waals surface area contributed by atoms with Gasteiger partial charge in [-0.3, -0.25) is 0 Å². The molecule has 270 valence electrons. The second-order valence-corrected chi connectivity index (χ2v) is 16.5. The number of benzene rings is 4. The molecule has 2 aliphatic heterocycles. The van der Waals surface area contributed by atoms with Gasteiger partial charge in [0, 0.05) is 64.7 Å². The van der Waals surface area contributed by atoms with E-state index in [0.29, 0.717) is 25.9 Å². The third-order valence-corrected chi connectivity index (χ3v) is 11.5. The summed E-state index contributed by atoms with van der Waals surface area (Å²) in [5.74, 6) is -0.345. The number of azide groups is 1. The van der Waals surface area contributed by atoms with Crippen molar-refractivity contribution in [1.29, 1.82) is 0 Å². The first-order chi connectivity index (χ1) is 24.9. The minimum absolute atomic E-state index is 0.203. The minimum Gasteiger partial charge on any atom is -0.748 e. The summed E-state index contributed by atoms with van der Waals surface area (Å²) >= 11 is 0. The summed E-state index contributed by atoms with van der Waals surface area (Å²) < 4.78 is 36.4. The number of anilines is 1. The highest BCUT2D eigenvalue weighted by Crippen LogP contribution is 2.51. The number of hydrogen-bond donors (Lipinski definition) is 0. The zero-order valence-corrected chi connectivity index (χ0v) is 31.6. The van der Waals surface area contributed by atoms with E-state index in [1.54, 1.807) is 0 Å². The van der Waals surface area contributed by atoms with E-state index < -0.39 is 10.1 Å². The van der Waals surface area contributed by atoms with E-state index in [1.165, 1.54) is 44.1 Å². The highest BCUT2D eigenvalue weighted by Gasteiger charge is 2.45. The van der Waals surface area contributed by atoms with Crippen LogP contribution in [0.15, 0.2) is 114 Å². The lowest BCUT2D eigenvalue weighted by Gasteiger charge is -2.27. The molecular weight excluding hydrogens is 667 g/mol. The Morgan fingerprint density at radius 3 is 2.17 bits per heavy atom. The average molecular weight is 716 g/mol. The maximum Gasteiger partial charge on any atom is 0.210 e. The molecule has 6 rings (SSSR count). The molecule has 0 amide bonds. The van der Waals surface area contributed by atoms with Crippen LogP contribution in [-0.2, 0) is 20.9 Å². The van der Waals surface area contributed by atoms with E-state index in [9.17, 15) is 13.0 Å². The van der Waals surface area contributed by atoms with Crippen LogP contribution in [0, 0.1) is 0 Å². The molecule has 0 saturated carbocycles. The summed E-state index contributed by atoms with van der Waals surface area (Å²) in [5, 5.41) is 8.62. The molecule has 4 aromatic rings. The number of nitrogens with zero attached hydrogens (tertiary/aromatic N) is 5. The van der Waals surface area contributed by atoms with Gasteiger partial charge in [0.1, 0.15) is 6.54 Å². The summed E-state index contributed by atoms with van der Waals surface area (Å²) in [4.78, 5) is 5.18. The molecule has 0 bridgehead atoms. The zero-order valence-electron chi connectivity index (χ0n) is 30.8. The summed E-state index contributed by atoms with van der Waals surface area (Å²) in [6.07, 6.45) is 15.8. The molecule has 2 aliphatic rings. The average Bonchev–Trinajstić information content (AvgIpc) is 3.47. The van der Waals surface area contributed by atoms with Crippen LogP contribution in [0.3, 0.4) is 0 Å². The molecular formula is C43H49N5O3S. The van der Waals surface area contributed by atoms with Gasteiger partial charge in [-0.25, -0.2) is 8.42 Å². The van der Waals surface area contributed by atoms with E-state index in [2.05, 4.69) is 150 Å². The number of allylic oxidation sites excluding steroid dienone is 6. The molecule has 0 saturated heterocycles. The van der Waals surface area contributed by atoms with Gasteiger partial charge in [-0.2, -0.15) is 4.58 Å². The van der Waals surface area contributed by atoms with Crippen LogP contribution in [0.4, 0.5) is 11.4 Å². The van der Waals surface area contributed by atoms with E-state index in [1.807, 2.05) is 0 Å². The van der Waals surface area contributed by atoms with Gasteiger partial charge < -0.3 is 9.45 Å². The maximum atomic E-state index is 11.3. The fraction of sp³-hybridized carbons (Fsp3) is 0.372. The van der Waals surface area contributed by atoms with Crippen molar-refractivity contribution < 1.29 is 17.5 Å². The Morgan fingerprint density at radius 2 is 1.46 bits per heavy atom. The topological polar surface area (TPSA) is 112 Å². The first kappa shape index (κ1) is 37.1. The van der Waals surface area contributed by atoms with Crippen molar-refractivity contribution in [3.63, 3.8) is 0 Å². The van der Waals surface area contributed by atoms with Crippen LogP contribution >= 0.6 is 0 Å². The lowest BCUT2D eigenvalue weighted by atomic mass is 9.79. The predicted octanol–water partition coefficient (Wildman–Crippen LogP) is 10.4. The minimum atomic E-state index is -4.25. The van der Waals surface area contributed by atoms with Gasteiger partial charge in [0.15, 0.2) is 5.71 Å². The van der Waals surface area contributed by atoms with Crippen molar-refractivity contribution in [2.24, 2.45) is 5.11 Å². The molecule has 0 unspecified atom stereocenters. The molecule has 0 atom stereocenters. The lowest BCUT2D eigenvalue weighted by Crippen LogP contribution is -2.28. The highest BCUT2D eigenvalue weighted by molar-refractivity contribution is 7.85. The van der Waals surface area contributed by atoms with Crippen molar-refractivity contribution in [3.8, 4) is 0 Å². The van der Waals surface area contributed by atoms with Gasteiger partial charge in [0.05, 0.1) is 15.5 Å². The summed E-state index contributed by atoms with van der Waals surface area (Å²) in [7, 11) is -4.25. The Kier molecular flexibility index (Phi) is 11.1. The quantitative estimate of drug-likeness (QED) is 0.0232. The van der Waals surface area contributed by atoms with Crippen LogP contribution in [0.1, 0.15) is 77.3 Å². The first-order valence-corrected chi connectivity index (χ1v) is 20.0. The summed E-state index contributed by atoms with van der Waals surface area (Å²) in [6, 6.07) is 25.9. The molecule has 0 fully saturated rings. The molecule has 52 heavy (non-hydrogen) atoms. The maximum absolute atomic E-state index is 11.3. The van der Waals surface area contributed by atoms with Crippen molar-refractivity contribution in [1.82, 2.24) is 0 Å². The third kappa shape index (κ3) is 7.58. The molecule has 0 N–H and O–H groups in total. The largest absolute Gasteiger partial charge is 0.748 e. The second kappa shape index (κ2) is 15.5. The Balaban J connectivity index is 1.30. The van der Waals surface area contributed by atoms with E-state index >= 15 is 0 Å². The monoisotopic (exact) mass is 715 g/mol. The Labute approximate surface area is 308 Å². The second-order valence-electron chi connectivity index (χ2n) is 14.9.